The molecule has 4 N–H and O–H groups in total. The van der Waals surface area contributed by atoms with Crippen molar-refractivity contribution in [1.82, 2.24) is 16.1 Å². The van der Waals surface area contributed by atoms with Crippen molar-refractivity contribution >= 4 is 29.8 Å². The van der Waals surface area contributed by atoms with Crippen LogP contribution in [-0.4, -0.2) is 56.5 Å². The van der Waals surface area contributed by atoms with Crippen molar-refractivity contribution in [2.75, 3.05) is 26.9 Å². The van der Waals surface area contributed by atoms with E-state index in [4.69, 9.17) is 35.3 Å². The summed E-state index contributed by atoms with van der Waals surface area (Å²) in [4.78, 5) is 24.6. The molecule has 13 heteroatoms. The average Bonchev–Trinajstić information content (AvgIpc) is 3.04. The second-order valence-electron chi connectivity index (χ2n) is 9.97. The Morgan fingerprint density at radius 1 is 0.978 bits per heavy atom. The van der Waals surface area contributed by atoms with E-state index in [1.807, 2.05) is 44.2 Å². The maximum atomic E-state index is 12.5. The van der Waals surface area contributed by atoms with Gasteiger partial charge in [0.05, 0.1) is 38.2 Å². The Hall–Kier alpha value is -4.94. The smallest absolute Gasteiger partial charge is 0.337 e. The molecule has 0 saturated heterocycles. The number of ether oxygens (including phenoxy) is 5. The van der Waals surface area contributed by atoms with Gasteiger partial charge in [-0.2, -0.15) is 5.10 Å². The molecule has 244 valence electrons. The van der Waals surface area contributed by atoms with Crippen LogP contribution < -0.4 is 35.0 Å². The van der Waals surface area contributed by atoms with Gasteiger partial charge in [0.15, 0.2) is 29.2 Å². The second-order valence-corrected chi connectivity index (χ2v) is 10.4. The van der Waals surface area contributed by atoms with Gasteiger partial charge in [-0.05, 0) is 79.9 Å². The highest BCUT2D eigenvalue weighted by Gasteiger charge is 2.32. The Labute approximate surface area is 272 Å². The number of hydrogen-bond donors (Lipinski definition) is 4. The minimum atomic E-state index is -1.15. The molecule has 1 aliphatic heterocycles. The highest BCUT2D eigenvalue weighted by Crippen LogP contribution is 2.35. The molecule has 1 aliphatic rings. The Morgan fingerprint density at radius 2 is 1.65 bits per heavy atom. The number of hydrogen-bond acceptors (Lipinski definition) is 10. The summed E-state index contributed by atoms with van der Waals surface area (Å²) in [6, 6.07) is 16.6. The minimum Gasteiger partial charge on any atom is -0.490 e. The third-order valence-electron chi connectivity index (χ3n) is 6.68. The van der Waals surface area contributed by atoms with Crippen LogP contribution in [0.2, 0.25) is 5.02 Å². The molecule has 2 amide bonds. The lowest BCUT2D eigenvalue weighted by molar-refractivity contribution is -0.136. The maximum absolute atomic E-state index is 12.5. The second kappa shape index (κ2) is 16.4. The minimum absolute atomic E-state index is 0.158. The number of hydrazone groups is 1. The fourth-order valence-electron chi connectivity index (χ4n) is 4.55. The van der Waals surface area contributed by atoms with Crippen molar-refractivity contribution in [2.45, 2.75) is 39.6 Å². The van der Waals surface area contributed by atoms with Crippen molar-refractivity contribution < 1.29 is 38.4 Å². The van der Waals surface area contributed by atoms with E-state index < -0.39 is 24.3 Å². The topological polar surface area (TPSA) is 149 Å². The first-order valence-corrected chi connectivity index (χ1v) is 15.0. The summed E-state index contributed by atoms with van der Waals surface area (Å²) in [6.07, 6.45) is 0.385. The number of allylic oxidation sites excluding steroid dienone is 1. The Bertz CT molecular complexity index is 1580. The number of carbonyl (C=O) groups is 2. The third kappa shape index (κ3) is 9.05. The van der Waals surface area contributed by atoms with Crippen molar-refractivity contribution in [1.29, 1.82) is 0 Å². The molecule has 0 radical (unpaired) electrons. The standard InChI is InChI=1S/C33H37ClN4O8/c1-5-43-27-15-22(9-13-25(27)45-18-21-7-11-24(34)12-8-21)17-35-38-29(39)19-46-26-14-10-23(16-28(26)44-6-2)31-30(32(40)42-4)20(3)36-33(41)37-31/h7-17,29,31,38-39H,5-6,18-19H2,1-4H3,(H2,36,37,41)/b35-17-/t29-,31+/m1/s1. The van der Waals surface area contributed by atoms with E-state index in [0.29, 0.717) is 59.1 Å². The number of rotatable bonds is 15. The van der Waals surface area contributed by atoms with E-state index in [2.05, 4.69) is 21.2 Å². The highest BCUT2D eigenvalue weighted by molar-refractivity contribution is 6.30. The van der Waals surface area contributed by atoms with Gasteiger partial charge in [-0.1, -0.05) is 29.8 Å². The van der Waals surface area contributed by atoms with Crippen LogP contribution >= 0.6 is 11.6 Å². The number of aliphatic hydroxyl groups is 1. The molecule has 0 bridgehead atoms. The Balaban J connectivity index is 1.37. The number of halogens is 1. The van der Waals surface area contributed by atoms with Crippen LogP contribution in [0.4, 0.5) is 4.79 Å². The highest BCUT2D eigenvalue weighted by atomic mass is 35.5. The largest absolute Gasteiger partial charge is 0.490 e. The van der Waals surface area contributed by atoms with Crippen LogP contribution in [0.3, 0.4) is 0 Å². The maximum Gasteiger partial charge on any atom is 0.337 e. The van der Waals surface area contributed by atoms with Crippen molar-refractivity contribution in [3.05, 3.63) is 93.6 Å². The molecule has 3 aromatic rings. The number of nitrogens with zero attached hydrogens (tertiary/aromatic N) is 1. The fourth-order valence-corrected chi connectivity index (χ4v) is 4.68. The van der Waals surface area contributed by atoms with E-state index in [0.717, 1.165) is 11.1 Å². The Morgan fingerprint density at radius 3 is 2.35 bits per heavy atom. The molecule has 0 spiro atoms. The number of carbonyl (C=O) groups excluding carboxylic acids is 2. The van der Waals surface area contributed by atoms with Crippen LogP contribution in [0.15, 0.2) is 77.0 Å². The van der Waals surface area contributed by atoms with E-state index in [-0.39, 0.29) is 12.2 Å². The van der Waals surface area contributed by atoms with Crippen LogP contribution in [-0.2, 0) is 16.1 Å². The summed E-state index contributed by atoms with van der Waals surface area (Å²) >= 11 is 5.96. The van der Waals surface area contributed by atoms with Gasteiger partial charge in [0, 0.05) is 10.7 Å². The van der Waals surface area contributed by atoms with Crippen LogP contribution in [0, 0.1) is 0 Å². The molecule has 0 aromatic heterocycles. The Kier molecular flexibility index (Phi) is 12.1. The average molecular weight is 653 g/mol. The molecule has 2 atom stereocenters. The lowest BCUT2D eigenvalue weighted by Gasteiger charge is -2.28. The van der Waals surface area contributed by atoms with Gasteiger partial charge in [-0.3, -0.25) is 5.43 Å². The number of amides is 2. The zero-order valence-electron chi connectivity index (χ0n) is 26.0. The molecule has 4 rings (SSSR count). The van der Waals surface area contributed by atoms with Gasteiger partial charge in [0.2, 0.25) is 0 Å². The number of urea groups is 1. The number of nitrogens with one attached hydrogen (secondary N) is 3. The van der Waals surface area contributed by atoms with E-state index in [1.165, 1.54) is 13.3 Å². The van der Waals surface area contributed by atoms with Gasteiger partial charge in [-0.25, -0.2) is 9.59 Å². The lowest BCUT2D eigenvalue weighted by Crippen LogP contribution is -2.45. The summed E-state index contributed by atoms with van der Waals surface area (Å²) in [5, 5.41) is 20.6. The van der Waals surface area contributed by atoms with E-state index in [9.17, 15) is 14.7 Å². The zero-order valence-corrected chi connectivity index (χ0v) is 26.7. The summed E-state index contributed by atoms with van der Waals surface area (Å²) in [5.74, 6) is 1.29. The predicted molar refractivity (Wildman–Crippen MR) is 172 cm³/mol. The number of esters is 1. The van der Waals surface area contributed by atoms with Gasteiger partial charge in [0.25, 0.3) is 0 Å². The normalized spacial score (nSPS) is 15.1. The molecule has 0 fully saturated rings. The molecule has 0 saturated carbocycles. The summed E-state index contributed by atoms with van der Waals surface area (Å²) in [5.41, 5.74) is 5.56. The molecule has 1 heterocycles. The van der Waals surface area contributed by atoms with Gasteiger partial charge in [0.1, 0.15) is 13.2 Å². The predicted octanol–water partition coefficient (Wildman–Crippen LogP) is 4.84. The summed E-state index contributed by atoms with van der Waals surface area (Å²) in [7, 11) is 1.27. The number of aliphatic hydroxyl groups excluding tert-OH is 1. The number of benzene rings is 3. The van der Waals surface area contributed by atoms with Gasteiger partial charge < -0.3 is 39.4 Å². The molecular formula is C33H37ClN4O8. The number of methoxy groups -OCH3 is 1. The first-order valence-electron chi connectivity index (χ1n) is 14.6. The van der Waals surface area contributed by atoms with E-state index in [1.54, 1.807) is 37.3 Å². The van der Waals surface area contributed by atoms with Crippen molar-refractivity contribution in [3.63, 3.8) is 0 Å². The fraction of sp³-hybridized carbons (Fsp3) is 0.303. The summed E-state index contributed by atoms with van der Waals surface area (Å²) in [6.45, 7) is 6.30. The molecular weight excluding hydrogens is 616 g/mol. The SMILES string of the molecule is CCOc1cc(/C=N\N[C@H](O)COc2ccc([C@@H]3NC(=O)NC(C)=C3C(=O)OC)cc2OCC)ccc1OCc1ccc(Cl)cc1. The van der Waals surface area contributed by atoms with Crippen LogP contribution in [0.1, 0.15) is 43.5 Å². The van der Waals surface area contributed by atoms with Gasteiger partial charge >= 0.3 is 12.0 Å². The van der Waals surface area contributed by atoms with Gasteiger partial charge in [-0.15, -0.1) is 0 Å². The van der Waals surface area contributed by atoms with Crippen molar-refractivity contribution in [2.24, 2.45) is 5.10 Å². The molecule has 0 aliphatic carbocycles. The molecule has 0 unspecified atom stereocenters. The third-order valence-corrected chi connectivity index (χ3v) is 6.94. The van der Waals surface area contributed by atoms with Crippen LogP contribution in [0.25, 0.3) is 0 Å². The molecule has 3 aromatic carbocycles. The lowest BCUT2D eigenvalue weighted by atomic mass is 9.95. The van der Waals surface area contributed by atoms with E-state index >= 15 is 0 Å². The monoisotopic (exact) mass is 652 g/mol. The first-order chi connectivity index (χ1) is 22.2. The van der Waals surface area contributed by atoms with Crippen LogP contribution in [0.5, 0.6) is 23.0 Å². The molecule has 12 nitrogen and oxygen atoms in total. The molecule has 46 heavy (non-hydrogen) atoms. The van der Waals surface area contributed by atoms with Crippen molar-refractivity contribution in [3.8, 4) is 23.0 Å². The quantitative estimate of drug-likeness (QED) is 0.0783. The zero-order chi connectivity index (χ0) is 33.1. The summed E-state index contributed by atoms with van der Waals surface area (Å²) < 4.78 is 28.2. The first kappa shape index (κ1) is 33.9.